The molecule has 210 valence electrons. The summed E-state index contributed by atoms with van der Waals surface area (Å²) < 4.78 is 43.2. The number of aliphatic hydroxyl groups is 2. The van der Waals surface area contributed by atoms with Gasteiger partial charge in [-0.2, -0.15) is 0 Å². The second-order valence-electron chi connectivity index (χ2n) is 8.82. The number of carboxylic acids is 3. The molecule has 6 N–H and O–H groups in total. The van der Waals surface area contributed by atoms with Gasteiger partial charge in [-0.25, -0.2) is 27.1 Å². The van der Waals surface area contributed by atoms with Gasteiger partial charge >= 0.3 is 17.9 Å². The molecule has 0 amide bonds. The van der Waals surface area contributed by atoms with Crippen LogP contribution in [0.3, 0.4) is 0 Å². The number of hydrogen-bond acceptors (Lipinski definition) is 7. The molecule has 14 heteroatoms. The molecule has 0 spiro atoms. The van der Waals surface area contributed by atoms with Gasteiger partial charge in [0.1, 0.15) is 5.82 Å². The summed E-state index contributed by atoms with van der Waals surface area (Å²) in [7, 11) is -3.75. The van der Waals surface area contributed by atoms with Crippen LogP contribution in [0.25, 0.3) is 10.9 Å². The number of carboxylic acid groups (broad SMARTS) is 3. The van der Waals surface area contributed by atoms with Crippen LogP contribution in [0.1, 0.15) is 24.1 Å². The van der Waals surface area contributed by atoms with E-state index in [2.05, 4.69) is 4.72 Å². The third-order valence-corrected chi connectivity index (χ3v) is 7.71. The van der Waals surface area contributed by atoms with Crippen LogP contribution in [-0.4, -0.2) is 74.7 Å². The van der Waals surface area contributed by atoms with Gasteiger partial charge in [0.15, 0.2) is 12.2 Å². The molecular formula is C25H27FN2O10S. The molecule has 0 saturated heterocycles. The first-order valence-corrected chi connectivity index (χ1v) is 13.2. The molecule has 3 aromatic rings. The summed E-state index contributed by atoms with van der Waals surface area (Å²) in [6.07, 6.45) is -2.71. The Bertz CT molecular complexity index is 1450. The number of fused-ring (bicyclic) bond motifs is 3. The zero-order valence-electron chi connectivity index (χ0n) is 20.4. The van der Waals surface area contributed by atoms with Crippen molar-refractivity contribution < 1.29 is 52.7 Å². The van der Waals surface area contributed by atoms with E-state index in [-0.39, 0.29) is 17.4 Å². The topological polar surface area (TPSA) is 203 Å². The van der Waals surface area contributed by atoms with E-state index in [1.54, 1.807) is 0 Å². The first kappa shape index (κ1) is 29.7. The molecule has 12 nitrogen and oxygen atoms in total. The summed E-state index contributed by atoms with van der Waals surface area (Å²) >= 11 is 0. The smallest absolute Gasteiger partial charge is 0.335 e. The molecule has 0 unspecified atom stereocenters. The molecule has 0 radical (unpaired) electrons. The van der Waals surface area contributed by atoms with E-state index >= 15 is 0 Å². The van der Waals surface area contributed by atoms with Crippen LogP contribution in [0.15, 0.2) is 53.4 Å². The van der Waals surface area contributed by atoms with Gasteiger partial charge in [-0.1, -0.05) is 18.2 Å². The number of nitrogens with zero attached hydrogens (tertiary/aromatic N) is 1. The fourth-order valence-corrected chi connectivity index (χ4v) is 5.61. The number of benzene rings is 2. The van der Waals surface area contributed by atoms with Crippen molar-refractivity contribution in [2.45, 2.75) is 55.4 Å². The van der Waals surface area contributed by atoms with Crippen LogP contribution in [0, 0.1) is 5.82 Å². The van der Waals surface area contributed by atoms with Gasteiger partial charge in [-0.15, -0.1) is 0 Å². The maximum Gasteiger partial charge on any atom is 0.335 e. The summed E-state index contributed by atoms with van der Waals surface area (Å²) in [6.45, 7) is 0.386. The Balaban J connectivity index is 0.000000360. The highest BCUT2D eigenvalue weighted by atomic mass is 32.2. The summed E-state index contributed by atoms with van der Waals surface area (Å²) in [5.41, 5.74) is 3.11. The first-order chi connectivity index (χ1) is 18.3. The van der Waals surface area contributed by atoms with Crippen molar-refractivity contribution in [2.75, 3.05) is 0 Å². The second-order valence-corrected chi connectivity index (χ2v) is 10.5. The van der Waals surface area contributed by atoms with Gasteiger partial charge in [0, 0.05) is 29.2 Å². The lowest BCUT2D eigenvalue weighted by molar-refractivity contribution is -0.165. The van der Waals surface area contributed by atoms with Crippen molar-refractivity contribution >= 4 is 38.8 Å². The Labute approximate surface area is 222 Å². The molecule has 0 bridgehead atoms. The molecule has 1 aliphatic rings. The monoisotopic (exact) mass is 566 g/mol. The third-order valence-electron chi connectivity index (χ3n) is 6.17. The number of sulfonamides is 1. The van der Waals surface area contributed by atoms with Gasteiger partial charge < -0.3 is 30.1 Å². The molecule has 2 aromatic carbocycles. The standard InChI is InChI=1S/C21H21FN2O4S.C4H6O6/c22-14-5-8-16(9-6-14)29(27,28)23-15-7-10-20-18(13-15)17-3-1-2-4-19(17)24(20)12-11-21(25)26;5-1(3(7)8)2(6)4(9)10/h1-6,8-9,15,23H,7,10-13H2,(H,25,26);1-2,5-6H,(H,7,8)(H,9,10)/t15-;1-,2-/m11/s1. The van der Waals surface area contributed by atoms with Crippen LogP contribution in [0.4, 0.5) is 4.39 Å². The lowest BCUT2D eigenvalue weighted by atomic mass is 9.92. The zero-order chi connectivity index (χ0) is 28.9. The third kappa shape index (κ3) is 7.17. The van der Waals surface area contributed by atoms with Crippen molar-refractivity contribution in [3.8, 4) is 0 Å². The average molecular weight is 567 g/mol. The Morgan fingerprint density at radius 2 is 1.56 bits per heavy atom. The van der Waals surface area contributed by atoms with Crippen LogP contribution in [0.5, 0.6) is 0 Å². The number of carbonyl (C=O) groups is 3. The lowest BCUT2D eigenvalue weighted by Gasteiger charge is -2.25. The number of rotatable bonds is 9. The molecular weight excluding hydrogens is 539 g/mol. The van der Waals surface area contributed by atoms with Crippen molar-refractivity contribution in [2.24, 2.45) is 0 Å². The van der Waals surface area contributed by atoms with Gasteiger partial charge in [0.2, 0.25) is 10.0 Å². The van der Waals surface area contributed by atoms with E-state index in [1.165, 1.54) is 12.1 Å². The van der Waals surface area contributed by atoms with Gasteiger partial charge in [0.25, 0.3) is 0 Å². The number of aliphatic carboxylic acids is 3. The normalized spacial score (nSPS) is 16.4. The SMILES string of the molecule is O=C(O)CCn1c2c(c3ccccc31)C[C@H](NS(=O)(=O)c1ccc(F)cc1)CC2.O=C(O)[C@H](O)[C@@H](O)C(=O)O. The minimum atomic E-state index is -3.75. The highest BCUT2D eigenvalue weighted by Crippen LogP contribution is 2.33. The minimum absolute atomic E-state index is 0.0335. The number of nitrogens with one attached hydrogen (secondary N) is 1. The quantitative estimate of drug-likeness (QED) is 0.217. The fraction of sp³-hybridized carbons (Fsp3) is 0.320. The number of halogens is 1. The Morgan fingerprint density at radius 1 is 0.974 bits per heavy atom. The van der Waals surface area contributed by atoms with Gasteiger partial charge in [-0.3, -0.25) is 4.79 Å². The van der Waals surface area contributed by atoms with E-state index in [4.69, 9.17) is 25.5 Å². The van der Waals surface area contributed by atoms with Crippen LogP contribution < -0.4 is 4.72 Å². The maximum absolute atomic E-state index is 13.1. The molecule has 1 aliphatic carbocycles. The zero-order valence-corrected chi connectivity index (χ0v) is 21.2. The molecule has 0 fully saturated rings. The lowest BCUT2D eigenvalue weighted by Crippen LogP contribution is -2.39. The fourth-order valence-electron chi connectivity index (χ4n) is 4.34. The van der Waals surface area contributed by atoms with E-state index in [0.29, 0.717) is 25.8 Å². The highest BCUT2D eigenvalue weighted by molar-refractivity contribution is 7.89. The van der Waals surface area contributed by atoms with Crippen LogP contribution in [0.2, 0.25) is 0 Å². The molecule has 39 heavy (non-hydrogen) atoms. The molecule has 1 heterocycles. The van der Waals surface area contributed by atoms with Crippen molar-refractivity contribution in [3.05, 3.63) is 65.6 Å². The van der Waals surface area contributed by atoms with Gasteiger partial charge in [0.05, 0.1) is 11.3 Å². The Kier molecular flexibility index (Phi) is 9.40. The average Bonchev–Trinajstić information content (AvgIpc) is 3.19. The maximum atomic E-state index is 13.1. The molecule has 1 aromatic heterocycles. The van der Waals surface area contributed by atoms with E-state index < -0.39 is 46.0 Å². The summed E-state index contributed by atoms with van der Waals surface area (Å²) in [4.78, 5) is 30.6. The van der Waals surface area contributed by atoms with Gasteiger partial charge in [-0.05, 0) is 55.2 Å². The predicted octanol–water partition coefficient (Wildman–Crippen LogP) is 0.968. The Hall–Kier alpha value is -3.85. The predicted molar refractivity (Wildman–Crippen MR) is 134 cm³/mol. The highest BCUT2D eigenvalue weighted by Gasteiger charge is 2.30. The largest absolute Gasteiger partial charge is 0.481 e. The van der Waals surface area contributed by atoms with Crippen LogP contribution >= 0.6 is 0 Å². The van der Waals surface area contributed by atoms with Crippen molar-refractivity contribution in [1.29, 1.82) is 0 Å². The molecule has 3 atom stereocenters. The first-order valence-electron chi connectivity index (χ1n) is 11.7. The van der Waals surface area contributed by atoms with E-state index in [0.717, 1.165) is 34.3 Å². The number of aromatic nitrogens is 1. The molecule has 4 rings (SSSR count). The minimum Gasteiger partial charge on any atom is -0.481 e. The summed E-state index contributed by atoms with van der Waals surface area (Å²) in [6, 6.07) is 12.3. The Morgan fingerprint density at radius 3 is 2.13 bits per heavy atom. The second kappa shape index (κ2) is 12.3. The number of hydrogen-bond donors (Lipinski definition) is 6. The number of para-hydroxylation sites is 1. The van der Waals surface area contributed by atoms with Crippen molar-refractivity contribution in [1.82, 2.24) is 9.29 Å². The summed E-state index contributed by atoms with van der Waals surface area (Å²) in [5.74, 6) is -4.87. The molecule has 0 aliphatic heterocycles. The van der Waals surface area contributed by atoms with Crippen LogP contribution in [-0.2, 0) is 43.8 Å². The van der Waals surface area contributed by atoms with Crippen molar-refractivity contribution in [3.63, 3.8) is 0 Å². The molecule has 0 saturated carbocycles. The number of aliphatic hydroxyl groups excluding tert-OH is 2. The number of aryl methyl sites for hydroxylation is 1. The summed E-state index contributed by atoms with van der Waals surface area (Å²) in [5, 5.41) is 42.6. The van der Waals surface area contributed by atoms with E-state index in [1.807, 2.05) is 28.8 Å². The van der Waals surface area contributed by atoms with E-state index in [9.17, 15) is 27.2 Å².